The van der Waals surface area contributed by atoms with Gasteiger partial charge in [-0.2, -0.15) is 0 Å². The summed E-state index contributed by atoms with van der Waals surface area (Å²) < 4.78 is 5.38. The van der Waals surface area contributed by atoms with Crippen LogP contribution in [0.15, 0.2) is 30.3 Å². The van der Waals surface area contributed by atoms with Gasteiger partial charge in [-0.25, -0.2) is 0 Å². The Hall–Kier alpha value is -0.900. The van der Waals surface area contributed by atoms with Crippen LogP contribution in [0.1, 0.15) is 12.5 Å². The molecule has 0 aromatic heterocycles. The van der Waals surface area contributed by atoms with Crippen LogP contribution in [0.5, 0.6) is 0 Å². The average molecular weight is 194 g/mol. The number of aliphatic hydroxyl groups excluding tert-OH is 2. The van der Waals surface area contributed by atoms with Crippen molar-refractivity contribution < 1.29 is 14.9 Å². The standard InChI is InChI=1S/C11H14O3/c1-8(12)11(10(13)7-14-11)9-5-3-2-4-6-9/h2-6,8,10,12-13H,7H2,1H3. The van der Waals surface area contributed by atoms with Crippen molar-refractivity contribution in [2.75, 3.05) is 6.61 Å². The second kappa shape index (κ2) is 3.35. The molecule has 14 heavy (non-hydrogen) atoms. The summed E-state index contributed by atoms with van der Waals surface area (Å²) >= 11 is 0. The maximum atomic E-state index is 9.70. The van der Waals surface area contributed by atoms with E-state index in [4.69, 9.17) is 4.74 Å². The number of ether oxygens (including phenoxy) is 1. The zero-order valence-electron chi connectivity index (χ0n) is 8.05. The molecule has 1 aliphatic rings. The summed E-state index contributed by atoms with van der Waals surface area (Å²) in [5.41, 5.74) is -0.0879. The minimum atomic E-state index is -0.915. The van der Waals surface area contributed by atoms with E-state index >= 15 is 0 Å². The molecule has 0 radical (unpaired) electrons. The second-order valence-electron chi connectivity index (χ2n) is 3.66. The summed E-state index contributed by atoms with van der Waals surface area (Å²) in [5.74, 6) is 0. The molecule has 1 aromatic rings. The summed E-state index contributed by atoms with van der Waals surface area (Å²) in [4.78, 5) is 0. The fourth-order valence-electron chi connectivity index (χ4n) is 1.95. The van der Waals surface area contributed by atoms with E-state index in [9.17, 15) is 10.2 Å². The highest BCUT2D eigenvalue weighted by atomic mass is 16.6. The first-order valence-electron chi connectivity index (χ1n) is 4.73. The Bertz CT molecular complexity index is 303. The van der Waals surface area contributed by atoms with E-state index in [1.807, 2.05) is 30.3 Å². The van der Waals surface area contributed by atoms with E-state index in [-0.39, 0.29) is 0 Å². The van der Waals surface area contributed by atoms with Crippen LogP contribution in [0, 0.1) is 0 Å². The van der Waals surface area contributed by atoms with Gasteiger partial charge in [-0.15, -0.1) is 0 Å². The zero-order valence-corrected chi connectivity index (χ0v) is 8.05. The Morgan fingerprint density at radius 3 is 2.43 bits per heavy atom. The molecule has 1 heterocycles. The Morgan fingerprint density at radius 1 is 1.43 bits per heavy atom. The van der Waals surface area contributed by atoms with Crippen LogP contribution in [0.4, 0.5) is 0 Å². The van der Waals surface area contributed by atoms with Gasteiger partial charge >= 0.3 is 0 Å². The number of rotatable bonds is 2. The van der Waals surface area contributed by atoms with E-state index in [0.29, 0.717) is 6.61 Å². The molecule has 2 N–H and O–H groups in total. The molecule has 3 atom stereocenters. The smallest absolute Gasteiger partial charge is 0.147 e. The highest BCUT2D eigenvalue weighted by Gasteiger charge is 2.52. The van der Waals surface area contributed by atoms with Crippen molar-refractivity contribution in [2.45, 2.75) is 24.7 Å². The van der Waals surface area contributed by atoms with E-state index < -0.39 is 17.8 Å². The third-order valence-electron chi connectivity index (χ3n) is 2.82. The van der Waals surface area contributed by atoms with E-state index in [1.54, 1.807) is 6.92 Å². The van der Waals surface area contributed by atoms with Crippen LogP contribution in [-0.4, -0.2) is 29.0 Å². The number of hydrogen-bond acceptors (Lipinski definition) is 3. The first-order valence-corrected chi connectivity index (χ1v) is 4.73. The van der Waals surface area contributed by atoms with Gasteiger partial charge in [0, 0.05) is 0 Å². The third kappa shape index (κ3) is 1.17. The molecule has 1 aromatic carbocycles. The largest absolute Gasteiger partial charge is 0.390 e. The summed E-state index contributed by atoms with van der Waals surface area (Å²) in [6, 6.07) is 9.34. The molecule has 3 nitrogen and oxygen atoms in total. The zero-order chi connectivity index (χ0) is 10.2. The molecule has 3 heteroatoms. The Morgan fingerprint density at radius 2 is 2.07 bits per heavy atom. The number of hydrogen-bond donors (Lipinski definition) is 2. The van der Waals surface area contributed by atoms with Crippen molar-refractivity contribution in [1.29, 1.82) is 0 Å². The van der Waals surface area contributed by atoms with Gasteiger partial charge in [-0.05, 0) is 12.5 Å². The molecule has 76 valence electrons. The highest BCUT2D eigenvalue weighted by molar-refractivity contribution is 5.28. The monoisotopic (exact) mass is 194 g/mol. The van der Waals surface area contributed by atoms with Gasteiger partial charge in [-0.3, -0.25) is 0 Å². The molecule has 3 unspecified atom stereocenters. The summed E-state index contributed by atoms with van der Waals surface area (Å²) in [6.07, 6.45) is -1.33. The van der Waals surface area contributed by atoms with E-state index in [2.05, 4.69) is 0 Å². The van der Waals surface area contributed by atoms with Crippen LogP contribution < -0.4 is 0 Å². The van der Waals surface area contributed by atoms with Crippen molar-refractivity contribution in [3.05, 3.63) is 35.9 Å². The molecule has 1 saturated heterocycles. The quantitative estimate of drug-likeness (QED) is 0.727. The van der Waals surface area contributed by atoms with Gasteiger partial charge in [0.2, 0.25) is 0 Å². The van der Waals surface area contributed by atoms with Crippen molar-refractivity contribution in [3.8, 4) is 0 Å². The molecule has 0 saturated carbocycles. The number of aliphatic hydroxyl groups is 2. The normalized spacial score (nSPS) is 33.5. The lowest BCUT2D eigenvalue weighted by atomic mass is 9.80. The van der Waals surface area contributed by atoms with Gasteiger partial charge in [0.25, 0.3) is 0 Å². The highest BCUT2D eigenvalue weighted by Crippen LogP contribution is 2.40. The Balaban J connectivity index is 2.38. The molecule has 1 aliphatic heterocycles. The van der Waals surface area contributed by atoms with Crippen molar-refractivity contribution >= 4 is 0 Å². The molecule has 0 spiro atoms. The maximum Gasteiger partial charge on any atom is 0.147 e. The van der Waals surface area contributed by atoms with Crippen LogP contribution in [-0.2, 0) is 10.3 Å². The number of benzene rings is 1. The fraction of sp³-hybridized carbons (Fsp3) is 0.455. The SMILES string of the molecule is CC(O)C1(c2ccccc2)OCC1O. The van der Waals surface area contributed by atoms with Gasteiger partial charge in [0.05, 0.1) is 12.7 Å². The van der Waals surface area contributed by atoms with Gasteiger partial charge in [0.15, 0.2) is 0 Å². The lowest BCUT2D eigenvalue weighted by Crippen LogP contribution is -2.61. The van der Waals surface area contributed by atoms with Crippen LogP contribution in [0.25, 0.3) is 0 Å². The Labute approximate surface area is 83.0 Å². The van der Waals surface area contributed by atoms with E-state index in [1.165, 1.54) is 0 Å². The van der Waals surface area contributed by atoms with Crippen LogP contribution >= 0.6 is 0 Å². The van der Waals surface area contributed by atoms with Gasteiger partial charge in [0.1, 0.15) is 11.7 Å². The summed E-state index contributed by atoms with van der Waals surface area (Å²) in [6.45, 7) is 1.93. The van der Waals surface area contributed by atoms with Crippen molar-refractivity contribution in [2.24, 2.45) is 0 Å². The van der Waals surface area contributed by atoms with Crippen molar-refractivity contribution in [3.63, 3.8) is 0 Å². The molecular weight excluding hydrogens is 180 g/mol. The molecule has 0 amide bonds. The predicted molar refractivity (Wildman–Crippen MR) is 51.8 cm³/mol. The van der Waals surface area contributed by atoms with E-state index in [0.717, 1.165) is 5.56 Å². The maximum absolute atomic E-state index is 9.70. The topological polar surface area (TPSA) is 49.7 Å². The minimum Gasteiger partial charge on any atom is -0.390 e. The molecule has 1 fully saturated rings. The van der Waals surface area contributed by atoms with Gasteiger partial charge in [-0.1, -0.05) is 30.3 Å². The molecule has 0 aliphatic carbocycles. The summed E-state index contributed by atoms with van der Waals surface area (Å²) in [5, 5.41) is 19.4. The molecule has 2 rings (SSSR count). The average Bonchev–Trinajstić information content (AvgIpc) is 2.17. The van der Waals surface area contributed by atoms with Gasteiger partial charge < -0.3 is 14.9 Å². The minimum absolute atomic E-state index is 0.291. The Kier molecular flexibility index (Phi) is 2.31. The first kappa shape index (κ1) is 9.65. The fourth-order valence-corrected chi connectivity index (χ4v) is 1.95. The van der Waals surface area contributed by atoms with Crippen LogP contribution in [0.2, 0.25) is 0 Å². The second-order valence-corrected chi connectivity index (χ2v) is 3.66. The molecular formula is C11H14O3. The lowest BCUT2D eigenvalue weighted by molar-refractivity contribution is -0.282. The predicted octanol–water partition coefficient (Wildman–Crippen LogP) is 0.654. The van der Waals surface area contributed by atoms with Crippen molar-refractivity contribution in [1.82, 2.24) is 0 Å². The lowest BCUT2D eigenvalue weighted by Gasteiger charge is -2.48. The van der Waals surface area contributed by atoms with Crippen LogP contribution in [0.3, 0.4) is 0 Å². The molecule has 0 bridgehead atoms. The first-order chi connectivity index (χ1) is 6.68. The third-order valence-corrected chi connectivity index (χ3v) is 2.82. The summed E-state index contributed by atoms with van der Waals surface area (Å²) in [7, 11) is 0.